The molecular weight excluding hydrogens is 265 g/mol. The van der Waals surface area contributed by atoms with Crippen molar-refractivity contribution in [2.75, 3.05) is 5.73 Å². The zero-order chi connectivity index (χ0) is 14.8. The van der Waals surface area contributed by atoms with Gasteiger partial charge in [0, 0.05) is 30.2 Å². The highest BCUT2D eigenvalue weighted by Crippen LogP contribution is 2.21. The predicted molar refractivity (Wildman–Crippen MR) is 82.3 cm³/mol. The standard InChI is InChI=1S/C17H16FN3/c1-12-9-15(18)6-5-14(12)11-21-8-7-20-17(21)13-3-2-4-16(19)10-13/h2-10H,11,19H2,1H3. The number of nitrogens with two attached hydrogens (primary N) is 1. The minimum Gasteiger partial charge on any atom is -0.399 e. The van der Waals surface area contributed by atoms with E-state index in [9.17, 15) is 4.39 Å². The number of benzene rings is 2. The fourth-order valence-electron chi connectivity index (χ4n) is 2.40. The summed E-state index contributed by atoms with van der Waals surface area (Å²) >= 11 is 0. The third-order valence-electron chi connectivity index (χ3n) is 3.51. The van der Waals surface area contributed by atoms with Gasteiger partial charge in [-0.2, -0.15) is 0 Å². The highest BCUT2D eigenvalue weighted by atomic mass is 19.1. The summed E-state index contributed by atoms with van der Waals surface area (Å²) in [7, 11) is 0. The largest absolute Gasteiger partial charge is 0.399 e. The van der Waals surface area contributed by atoms with Crippen LogP contribution in [-0.4, -0.2) is 9.55 Å². The summed E-state index contributed by atoms with van der Waals surface area (Å²) in [5.74, 6) is 0.643. The summed E-state index contributed by atoms with van der Waals surface area (Å²) in [4.78, 5) is 4.40. The van der Waals surface area contributed by atoms with Crippen molar-refractivity contribution < 1.29 is 4.39 Å². The van der Waals surface area contributed by atoms with Gasteiger partial charge in [-0.05, 0) is 42.3 Å². The van der Waals surface area contributed by atoms with E-state index >= 15 is 0 Å². The number of hydrogen-bond donors (Lipinski definition) is 1. The number of aryl methyl sites for hydroxylation is 1. The summed E-state index contributed by atoms with van der Waals surface area (Å²) in [6.07, 6.45) is 3.68. The average Bonchev–Trinajstić information content (AvgIpc) is 2.90. The molecule has 0 spiro atoms. The molecule has 0 aliphatic heterocycles. The topological polar surface area (TPSA) is 43.8 Å². The van der Waals surface area contributed by atoms with Gasteiger partial charge in [0.25, 0.3) is 0 Å². The molecule has 0 radical (unpaired) electrons. The molecule has 106 valence electrons. The second-order valence-electron chi connectivity index (χ2n) is 5.08. The molecule has 0 unspecified atom stereocenters. The highest BCUT2D eigenvalue weighted by molar-refractivity contribution is 5.61. The van der Waals surface area contributed by atoms with Crippen LogP contribution in [0.25, 0.3) is 11.4 Å². The van der Waals surface area contributed by atoms with Gasteiger partial charge in [-0.25, -0.2) is 9.37 Å². The van der Waals surface area contributed by atoms with E-state index < -0.39 is 0 Å². The molecule has 0 amide bonds. The molecule has 0 saturated heterocycles. The lowest BCUT2D eigenvalue weighted by molar-refractivity contribution is 0.624. The molecule has 0 atom stereocenters. The molecule has 4 heteroatoms. The second-order valence-corrected chi connectivity index (χ2v) is 5.08. The first kappa shape index (κ1) is 13.4. The molecule has 21 heavy (non-hydrogen) atoms. The molecule has 1 aromatic heterocycles. The quantitative estimate of drug-likeness (QED) is 0.745. The van der Waals surface area contributed by atoms with Crippen molar-refractivity contribution in [2.24, 2.45) is 0 Å². The van der Waals surface area contributed by atoms with E-state index in [2.05, 4.69) is 4.98 Å². The monoisotopic (exact) mass is 281 g/mol. The van der Waals surface area contributed by atoms with Gasteiger partial charge in [-0.15, -0.1) is 0 Å². The molecule has 3 nitrogen and oxygen atoms in total. The molecule has 0 saturated carbocycles. The Hall–Kier alpha value is -2.62. The van der Waals surface area contributed by atoms with Gasteiger partial charge >= 0.3 is 0 Å². The minimum atomic E-state index is -0.210. The Kier molecular flexibility index (Phi) is 3.44. The van der Waals surface area contributed by atoms with E-state index in [1.165, 1.54) is 6.07 Å². The Labute approximate surface area is 122 Å². The molecular formula is C17H16FN3. The lowest BCUT2D eigenvalue weighted by Crippen LogP contribution is -2.03. The first-order valence-electron chi connectivity index (χ1n) is 6.75. The maximum atomic E-state index is 13.2. The lowest BCUT2D eigenvalue weighted by Gasteiger charge is -2.11. The molecule has 0 bridgehead atoms. The van der Waals surface area contributed by atoms with Crippen LogP contribution in [0.1, 0.15) is 11.1 Å². The highest BCUT2D eigenvalue weighted by Gasteiger charge is 2.08. The summed E-state index contributed by atoms with van der Waals surface area (Å²) in [5.41, 5.74) is 9.51. The van der Waals surface area contributed by atoms with Crippen LogP contribution in [0.4, 0.5) is 10.1 Å². The van der Waals surface area contributed by atoms with E-state index in [-0.39, 0.29) is 5.82 Å². The van der Waals surface area contributed by atoms with Gasteiger partial charge in [-0.3, -0.25) is 0 Å². The summed E-state index contributed by atoms with van der Waals surface area (Å²) in [6, 6.07) is 12.5. The fourth-order valence-corrected chi connectivity index (χ4v) is 2.40. The SMILES string of the molecule is Cc1cc(F)ccc1Cn1ccnc1-c1cccc(N)c1. The van der Waals surface area contributed by atoms with Crippen LogP contribution >= 0.6 is 0 Å². The number of imidazole rings is 1. The van der Waals surface area contributed by atoms with Crippen LogP contribution in [0.2, 0.25) is 0 Å². The summed E-state index contributed by atoms with van der Waals surface area (Å²) < 4.78 is 15.2. The minimum absolute atomic E-state index is 0.210. The molecule has 3 aromatic rings. The summed E-state index contributed by atoms with van der Waals surface area (Å²) in [5, 5.41) is 0. The molecule has 0 aliphatic carbocycles. The van der Waals surface area contributed by atoms with Crippen LogP contribution < -0.4 is 5.73 Å². The Morgan fingerprint density at radius 2 is 2.05 bits per heavy atom. The van der Waals surface area contributed by atoms with Crippen molar-refractivity contribution in [3.63, 3.8) is 0 Å². The third kappa shape index (κ3) is 2.79. The summed E-state index contributed by atoms with van der Waals surface area (Å²) in [6.45, 7) is 2.56. The average molecular weight is 281 g/mol. The smallest absolute Gasteiger partial charge is 0.140 e. The van der Waals surface area contributed by atoms with E-state index in [1.807, 2.05) is 48.0 Å². The Balaban J connectivity index is 1.96. The van der Waals surface area contributed by atoms with Crippen LogP contribution in [-0.2, 0) is 6.54 Å². The zero-order valence-corrected chi connectivity index (χ0v) is 11.8. The molecule has 3 rings (SSSR count). The van der Waals surface area contributed by atoms with Gasteiger partial charge in [0.05, 0.1) is 0 Å². The molecule has 2 aromatic carbocycles. The zero-order valence-electron chi connectivity index (χ0n) is 11.8. The van der Waals surface area contributed by atoms with Gasteiger partial charge in [0.2, 0.25) is 0 Å². The number of hydrogen-bond acceptors (Lipinski definition) is 2. The van der Waals surface area contributed by atoms with Crippen LogP contribution in [0.5, 0.6) is 0 Å². The number of anilines is 1. The van der Waals surface area contributed by atoms with E-state index in [0.717, 1.165) is 22.5 Å². The number of aromatic nitrogens is 2. The number of rotatable bonds is 3. The van der Waals surface area contributed by atoms with Gasteiger partial charge in [0.15, 0.2) is 0 Å². The van der Waals surface area contributed by atoms with Crippen LogP contribution in [0.3, 0.4) is 0 Å². The van der Waals surface area contributed by atoms with Crippen LogP contribution in [0, 0.1) is 12.7 Å². The van der Waals surface area contributed by atoms with Crippen molar-refractivity contribution in [3.05, 3.63) is 71.8 Å². The Bertz CT molecular complexity index is 777. The van der Waals surface area contributed by atoms with Crippen molar-refractivity contribution in [1.29, 1.82) is 0 Å². The predicted octanol–water partition coefficient (Wildman–Crippen LogP) is 3.63. The normalized spacial score (nSPS) is 10.8. The number of halogens is 1. The first-order chi connectivity index (χ1) is 10.1. The van der Waals surface area contributed by atoms with Crippen molar-refractivity contribution in [2.45, 2.75) is 13.5 Å². The van der Waals surface area contributed by atoms with E-state index in [0.29, 0.717) is 12.2 Å². The second kappa shape index (κ2) is 5.40. The fraction of sp³-hybridized carbons (Fsp3) is 0.118. The number of nitrogen functional groups attached to an aromatic ring is 1. The first-order valence-corrected chi connectivity index (χ1v) is 6.75. The van der Waals surface area contributed by atoms with Crippen molar-refractivity contribution >= 4 is 5.69 Å². The molecule has 0 aliphatic rings. The van der Waals surface area contributed by atoms with Crippen molar-refractivity contribution in [1.82, 2.24) is 9.55 Å². The Morgan fingerprint density at radius 1 is 1.19 bits per heavy atom. The molecule has 2 N–H and O–H groups in total. The van der Waals surface area contributed by atoms with Crippen LogP contribution in [0.15, 0.2) is 54.9 Å². The van der Waals surface area contributed by atoms with E-state index in [1.54, 1.807) is 12.3 Å². The van der Waals surface area contributed by atoms with Gasteiger partial charge in [-0.1, -0.05) is 18.2 Å². The Morgan fingerprint density at radius 3 is 2.81 bits per heavy atom. The molecule has 1 heterocycles. The maximum Gasteiger partial charge on any atom is 0.140 e. The van der Waals surface area contributed by atoms with Crippen molar-refractivity contribution in [3.8, 4) is 11.4 Å². The maximum absolute atomic E-state index is 13.2. The lowest BCUT2D eigenvalue weighted by atomic mass is 10.1. The molecule has 0 fully saturated rings. The van der Waals surface area contributed by atoms with Gasteiger partial charge < -0.3 is 10.3 Å². The van der Waals surface area contributed by atoms with Gasteiger partial charge in [0.1, 0.15) is 11.6 Å². The number of nitrogens with zero attached hydrogens (tertiary/aromatic N) is 2. The third-order valence-corrected chi connectivity index (χ3v) is 3.51. The van der Waals surface area contributed by atoms with E-state index in [4.69, 9.17) is 5.73 Å².